The van der Waals surface area contributed by atoms with Gasteiger partial charge in [-0.25, -0.2) is 4.79 Å². The summed E-state index contributed by atoms with van der Waals surface area (Å²) >= 11 is 1.75. The van der Waals surface area contributed by atoms with E-state index in [1.54, 1.807) is 18.7 Å². The fourth-order valence-electron chi connectivity index (χ4n) is 1.81. The van der Waals surface area contributed by atoms with Crippen molar-refractivity contribution < 1.29 is 14.7 Å². The molecule has 4 nitrogen and oxygen atoms in total. The lowest BCUT2D eigenvalue weighted by Crippen LogP contribution is -2.56. The van der Waals surface area contributed by atoms with Gasteiger partial charge in [-0.3, -0.25) is 4.79 Å². The molecule has 80 valence electrons. The Morgan fingerprint density at radius 2 is 2.14 bits per heavy atom. The highest BCUT2D eigenvalue weighted by atomic mass is 32.2. The summed E-state index contributed by atoms with van der Waals surface area (Å²) in [6.45, 7) is 2.27. The maximum Gasteiger partial charge on any atom is 0.329 e. The Morgan fingerprint density at radius 3 is 2.50 bits per heavy atom. The quantitative estimate of drug-likeness (QED) is 0.708. The fraction of sp³-hybridized carbons (Fsp3) is 0.778. The molecule has 0 aromatic rings. The molecule has 1 amide bonds. The van der Waals surface area contributed by atoms with E-state index in [0.29, 0.717) is 25.8 Å². The molecule has 0 radical (unpaired) electrons. The lowest BCUT2D eigenvalue weighted by molar-refractivity contribution is -0.155. The van der Waals surface area contributed by atoms with Crippen LogP contribution < -0.4 is 0 Å². The zero-order chi connectivity index (χ0) is 10.6. The number of thioether (sulfide) groups is 1. The second-order valence-corrected chi connectivity index (χ2v) is 4.57. The van der Waals surface area contributed by atoms with E-state index < -0.39 is 11.5 Å². The van der Waals surface area contributed by atoms with Gasteiger partial charge in [-0.05, 0) is 31.3 Å². The van der Waals surface area contributed by atoms with Crippen molar-refractivity contribution in [1.29, 1.82) is 0 Å². The molecule has 0 bridgehead atoms. The fourth-order valence-corrected chi connectivity index (χ4v) is 2.98. The Labute approximate surface area is 87.7 Å². The normalized spacial score (nSPS) is 20.1. The van der Waals surface area contributed by atoms with Gasteiger partial charge in [0.05, 0.1) is 0 Å². The summed E-state index contributed by atoms with van der Waals surface area (Å²) in [5, 5.41) is 9.21. The molecule has 1 saturated heterocycles. The first kappa shape index (κ1) is 11.4. The van der Waals surface area contributed by atoms with Crippen molar-refractivity contribution in [3.8, 4) is 0 Å². The van der Waals surface area contributed by atoms with Crippen molar-refractivity contribution in [3.63, 3.8) is 0 Å². The maximum atomic E-state index is 11.2. The molecule has 0 unspecified atom stereocenters. The molecule has 0 aromatic carbocycles. The third-order valence-corrected chi connectivity index (χ3v) is 3.72. The number of rotatable bonds is 4. The van der Waals surface area contributed by atoms with Crippen LogP contribution in [0.3, 0.4) is 0 Å². The number of carboxylic acid groups (broad SMARTS) is 1. The third-order valence-electron chi connectivity index (χ3n) is 2.74. The number of carboxylic acids is 1. The lowest BCUT2D eigenvalue weighted by Gasteiger charge is -2.40. The summed E-state index contributed by atoms with van der Waals surface area (Å²) in [6.07, 6.45) is 1.77. The Hall–Kier alpha value is -0.710. The molecule has 0 saturated carbocycles. The van der Waals surface area contributed by atoms with Crippen molar-refractivity contribution in [2.45, 2.75) is 25.3 Å². The molecule has 1 heterocycles. The summed E-state index contributed by atoms with van der Waals surface area (Å²) in [5.74, 6) is 0.763. The Balaban J connectivity index is 2.89. The van der Waals surface area contributed by atoms with Crippen LogP contribution in [0.4, 0.5) is 0 Å². The maximum absolute atomic E-state index is 11.2. The van der Waals surface area contributed by atoms with Crippen LogP contribution in [0.15, 0.2) is 0 Å². The van der Waals surface area contributed by atoms with E-state index in [0.717, 1.165) is 11.5 Å². The smallest absolute Gasteiger partial charge is 0.329 e. The van der Waals surface area contributed by atoms with Crippen LogP contribution in [0, 0.1) is 0 Å². The first-order valence-electron chi connectivity index (χ1n) is 4.70. The summed E-state index contributed by atoms with van der Waals surface area (Å²) in [6, 6.07) is 0. The molecule has 1 rings (SSSR count). The molecule has 1 N–H and O–H groups in total. The first-order valence-corrected chi connectivity index (χ1v) is 5.86. The van der Waals surface area contributed by atoms with Gasteiger partial charge in [0.25, 0.3) is 0 Å². The molecule has 0 aliphatic carbocycles. The summed E-state index contributed by atoms with van der Waals surface area (Å²) in [4.78, 5) is 23.4. The van der Waals surface area contributed by atoms with Crippen LogP contribution in [0.25, 0.3) is 0 Å². The van der Waals surface area contributed by atoms with Crippen LogP contribution >= 0.6 is 11.8 Å². The number of carbonyl (C=O) groups excluding carboxylic acids is 1. The molecule has 0 aromatic heterocycles. The zero-order valence-corrected chi connectivity index (χ0v) is 9.05. The standard InChI is InChI=1S/C9H15NO3S/c1-2-10(7-11)9(8(12)13)3-5-14-6-4-9/h7H,2-6H2,1H3,(H,12,13). The van der Waals surface area contributed by atoms with Gasteiger partial charge < -0.3 is 10.0 Å². The van der Waals surface area contributed by atoms with Crippen molar-refractivity contribution in [3.05, 3.63) is 0 Å². The van der Waals surface area contributed by atoms with Gasteiger partial charge >= 0.3 is 5.97 Å². The second-order valence-electron chi connectivity index (χ2n) is 3.34. The van der Waals surface area contributed by atoms with Gasteiger partial charge in [0.15, 0.2) is 0 Å². The van der Waals surface area contributed by atoms with E-state index in [1.807, 2.05) is 0 Å². The largest absolute Gasteiger partial charge is 0.479 e. The molecule has 1 aliphatic rings. The Bertz CT molecular complexity index is 226. The van der Waals surface area contributed by atoms with Gasteiger partial charge in [0.1, 0.15) is 5.54 Å². The van der Waals surface area contributed by atoms with Gasteiger partial charge in [-0.1, -0.05) is 0 Å². The van der Waals surface area contributed by atoms with Gasteiger partial charge in [-0.2, -0.15) is 11.8 Å². The van der Waals surface area contributed by atoms with E-state index in [2.05, 4.69) is 0 Å². The summed E-state index contributed by atoms with van der Waals surface area (Å²) in [7, 11) is 0. The van der Waals surface area contributed by atoms with E-state index in [-0.39, 0.29) is 0 Å². The number of aliphatic carboxylic acids is 1. The highest BCUT2D eigenvalue weighted by molar-refractivity contribution is 7.99. The number of likely N-dealkylation sites (N-methyl/N-ethyl adjacent to an activating group) is 1. The minimum Gasteiger partial charge on any atom is -0.479 e. The predicted molar refractivity (Wildman–Crippen MR) is 55.4 cm³/mol. The number of carbonyl (C=O) groups is 2. The Kier molecular flexibility index (Phi) is 3.80. The van der Waals surface area contributed by atoms with Gasteiger partial charge in [0, 0.05) is 6.54 Å². The highest BCUT2D eigenvalue weighted by Crippen LogP contribution is 2.31. The van der Waals surface area contributed by atoms with Crippen molar-refractivity contribution in [1.82, 2.24) is 4.90 Å². The highest BCUT2D eigenvalue weighted by Gasteiger charge is 2.44. The summed E-state index contributed by atoms with van der Waals surface area (Å²) in [5.41, 5.74) is -0.943. The van der Waals surface area contributed by atoms with E-state index in [4.69, 9.17) is 0 Å². The zero-order valence-electron chi connectivity index (χ0n) is 8.23. The van der Waals surface area contributed by atoms with Crippen LogP contribution in [0.1, 0.15) is 19.8 Å². The van der Waals surface area contributed by atoms with Crippen molar-refractivity contribution in [2.75, 3.05) is 18.1 Å². The molecule has 5 heteroatoms. The molecule has 14 heavy (non-hydrogen) atoms. The monoisotopic (exact) mass is 217 g/mol. The minimum atomic E-state index is -0.943. The Morgan fingerprint density at radius 1 is 1.57 bits per heavy atom. The number of hydrogen-bond donors (Lipinski definition) is 1. The molecule has 1 aliphatic heterocycles. The van der Waals surface area contributed by atoms with Gasteiger partial charge in [-0.15, -0.1) is 0 Å². The summed E-state index contributed by atoms with van der Waals surface area (Å²) < 4.78 is 0. The van der Waals surface area contributed by atoms with E-state index in [1.165, 1.54) is 4.90 Å². The average Bonchev–Trinajstić information content (AvgIpc) is 2.21. The number of hydrogen-bond acceptors (Lipinski definition) is 3. The molecule has 0 atom stereocenters. The van der Waals surface area contributed by atoms with Crippen LogP contribution in [-0.2, 0) is 9.59 Å². The number of amides is 1. The van der Waals surface area contributed by atoms with E-state index >= 15 is 0 Å². The molecular weight excluding hydrogens is 202 g/mol. The van der Waals surface area contributed by atoms with Gasteiger partial charge in [0.2, 0.25) is 6.41 Å². The SMILES string of the molecule is CCN(C=O)C1(C(=O)O)CCSCC1. The second kappa shape index (κ2) is 4.68. The van der Waals surface area contributed by atoms with Crippen LogP contribution in [-0.4, -0.2) is 46.0 Å². The number of nitrogens with zero attached hydrogens (tertiary/aromatic N) is 1. The molecular formula is C9H15NO3S. The van der Waals surface area contributed by atoms with Crippen LogP contribution in [0.2, 0.25) is 0 Å². The van der Waals surface area contributed by atoms with Crippen molar-refractivity contribution >= 4 is 24.1 Å². The van der Waals surface area contributed by atoms with Crippen LogP contribution in [0.5, 0.6) is 0 Å². The average molecular weight is 217 g/mol. The molecule has 1 fully saturated rings. The minimum absolute atomic E-state index is 0.459. The topological polar surface area (TPSA) is 57.6 Å². The van der Waals surface area contributed by atoms with Crippen molar-refractivity contribution in [2.24, 2.45) is 0 Å². The first-order chi connectivity index (χ1) is 6.67. The molecule has 0 spiro atoms. The lowest BCUT2D eigenvalue weighted by atomic mass is 9.90. The predicted octanol–water partition coefficient (Wildman–Crippen LogP) is 0.815. The van der Waals surface area contributed by atoms with E-state index in [9.17, 15) is 14.7 Å². The third kappa shape index (κ3) is 1.87.